The van der Waals surface area contributed by atoms with Crippen LogP contribution in [0.1, 0.15) is 18.7 Å². The van der Waals surface area contributed by atoms with E-state index in [0.29, 0.717) is 62.6 Å². The third-order valence-electron chi connectivity index (χ3n) is 5.60. The van der Waals surface area contributed by atoms with Crippen LogP contribution in [0.5, 0.6) is 0 Å². The number of nitrogens with zero attached hydrogens (tertiary/aromatic N) is 9. The number of H-pyrrole nitrogens is 1. The number of amidine groups is 3. The van der Waals surface area contributed by atoms with Gasteiger partial charge in [0.15, 0.2) is 5.82 Å². The molecule has 34 heavy (non-hydrogen) atoms. The third kappa shape index (κ3) is 8.53. The number of hydrogen-bond donors (Lipinski definition) is 10. The Labute approximate surface area is 197 Å². The smallest absolute Gasteiger partial charge is 0.188 e. The first-order chi connectivity index (χ1) is 16.6. The molecule has 0 bridgehead atoms. The maximum absolute atomic E-state index is 5.59. The maximum Gasteiger partial charge on any atom is 0.188 e. The number of aromatic nitrogens is 4. The molecule has 2 rings (SSSR count). The molecular weight excluding hydrogens is 446 g/mol. The Morgan fingerprint density at radius 1 is 0.941 bits per heavy atom. The van der Waals surface area contributed by atoms with E-state index in [-0.39, 0.29) is 6.04 Å². The Balaban J connectivity index is 2.05. The first kappa shape index (κ1) is 26.9. The highest BCUT2D eigenvalue weighted by Crippen LogP contribution is 2.17. The normalized spacial score (nSPS) is 16.9. The second-order valence-electron chi connectivity index (χ2n) is 7.68. The molecule has 0 amide bonds. The summed E-state index contributed by atoms with van der Waals surface area (Å²) in [5.41, 5.74) is 7.57. The van der Waals surface area contributed by atoms with Crippen LogP contribution in [0.4, 0.5) is 0 Å². The Kier molecular flexibility index (Phi) is 11.6. The van der Waals surface area contributed by atoms with Crippen LogP contribution >= 0.6 is 0 Å². The number of hydrogen-bond acceptors (Lipinski definition) is 15. The lowest BCUT2D eigenvalue weighted by Gasteiger charge is -2.39. The summed E-state index contributed by atoms with van der Waals surface area (Å²) in [7, 11) is 0. The number of nitrogens with two attached hydrogens (primary N) is 6. The Morgan fingerprint density at radius 3 is 2.09 bits per heavy atom. The zero-order chi connectivity index (χ0) is 24.8. The maximum atomic E-state index is 5.59. The monoisotopic (exact) mass is 483 g/mol. The van der Waals surface area contributed by atoms with Crippen LogP contribution in [0.2, 0.25) is 0 Å². The minimum atomic E-state index is 0.271. The highest BCUT2D eigenvalue weighted by atomic mass is 15.5. The van der Waals surface area contributed by atoms with Gasteiger partial charge in [0.1, 0.15) is 17.5 Å². The molecule has 1 aliphatic heterocycles. The zero-order valence-corrected chi connectivity index (χ0v) is 19.1. The summed E-state index contributed by atoms with van der Waals surface area (Å²) in [6.07, 6.45) is 1.82. The van der Waals surface area contributed by atoms with Crippen LogP contribution in [0.15, 0.2) is 15.3 Å². The highest BCUT2D eigenvalue weighted by Gasteiger charge is 2.27. The van der Waals surface area contributed by atoms with E-state index in [0.717, 1.165) is 25.9 Å². The topological polar surface area (TPSA) is 293 Å². The van der Waals surface area contributed by atoms with Crippen molar-refractivity contribution in [3.05, 3.63) is 5.82 Å². The van der Waals surface area contributed by atoms with Gasteiger partial charge in [-0.25, -0.2) is 17.5 Å². The zero-order valence-electron chi connectivity index (χ0n) is 19.1. The molecule has 1 fully saturated rings. The first-order valence-corrected chi connectivity index (χ1v) is 10.7. The third-order valence-corrected chi connectivity index (χ3v) is 5.60. The highest BCUT2D eigenvalue weighted by molar-refractivity contribution is 5.84. The van der Waals surface area contributed by atoms with Crippen LogP contribution in [-0.4, -0.2) is 105 Å². The summed E-state index contributed by atoms with van der Waals surface area (Å²) in [4.78, 5) is 6.56. The van der Waals surface area contributed by atoms with Crippen molar-refractivity contribution in [3.63, 3.8) is 0 Å². The van der Waals surface area contributed by atoms with Gasteiger partial charge in [-0.15, -0.1) is 10.2 Å². The van der Waals surface area contributed by atoms with Crippen molar-refractivity contribution in [2.45, 2.75) is 25.4 Å². The lowest BCUT2D eigenvalue weighted by Crippen LogP contribution is -2.53. The molecule has 0 aliphatic carbocycles. The van der Waals surface area contributed by atoms with Gasteiger partial charge in [0.05, 0.1) is 26.2 Å². The van der Waals surface area contributed by atoms with Crippen LogP contribution in [0, 0.1) is 0 Å². The lowest BCUT2D eigenvalue weighted by atomic mass is 10.0. The average Bonchev–Trinajstić information content (AvgIpc) is 3.39. The van der Waals surface area contributed by atoms with Crippen molar-refractivity contribution in [2.24, 2.45) is 50.4 Å². The van der Waals surface area contributed by atoms with Gasteiger partial charge in [-0.3, -0.25) is 14.7 Å². The first-order valence-electron chi connectivity index (χ1n) is 10.7. The molecule has 0 aromatic carbocycles. The molecule has 0 saturated carbocycles. The fourth-order valence-corrected chi connectivity index (χ4v) is 3.75. The molecule has 1 aromatic rings. The van der Waals surface area contributed by atoms with Gasteiger partial charge >= 0.3 is 0 Å². The molecule has 192 valence electrons. The molecule has 1 saturated heterocycles. The summed E-state index contributed by atoms with van der Waals surface area (Å²) in [5.74, 6) is 34.8. The van der Waals surface area contributed by atoms with Crippen LogP contribution in [-0.2, 0) is 6.54 Å². The quantitative estimate of drug-likeness (QED) is 0.0572. The summed E-state index contributed by atoms with van der Waals surface area (Å²) in [6, 6.07) is 0.271. The van der Waals surface area contributed by atoms with Gasteiger partial charge in [-0.1, -0.05) is 5.21 Å². The second kappa shape index (κ2) is 14.7. The number of rotatable bonds is 12. The molecule has 1 aliphatic rings. The molecule has 0 atom stereocenters. The van der Waals surface area contributed by atoms with E-state index in [1.165, 1.54) is 0 Å². The van der Waals surface area contributed by atoms with Gasteiger partial charge in [0.2, 0.25) is 0 Å². The predicted octanol–water partition coefficient (Wildman–Crippen LogP) is -6.03. The molecule has 16 N–H and O–H groups in total. The minimum Gasteiger partial charge on any atom is -0.321 e. The van der Waals surface area contributed by atoms with E-state index in [9.17, 15) is 0 Å². The summed E-state index contributed by atoms with van der Waals surface area (Å²) in [5, 5.41) is 25.2. The Morgan fingerprint density at radius 2 is 1.56 bits per heavy atom. The number of hydrazine groups is 3. The molecular formula is C15H37N19. The van der Waals surface area contributed by atoms with Crippen molar-refractivity contribution in [2.75, 3.05) is 45.8 Å². The van der Waals surface area contributed by atoms with E-state index in [1.807, 2.05) is 4.90 Å². The van der Waals surface area contributed by atoms with Crippen LogP contribution in [0.3, 0.4) is 0 Å². The van der Waals surface area contributed by atoms with Gasteiger partial charge in [-0.05, 0) is 12.8 Å². The average molecular weight is 484 g/mol. The summed E-state index contributed by atoms with van der Waals surface area (Å²) >= 11 is 0. The van der Waals surface area contributed by atoms with E-state index in [2.05, 4.69) is 62.0 Å². The number of likely N-dealkylation sites (tertiary alicyclic amines) is 1. The van der Waals surface area contributed by atoms with E-state index in [1.54, 1.807) is 0 Å². The Hall–Kier alpha value is -3.36. The SMILES string of the molecule is N/N=C(/CN1CCC(N(CCN(C/C(=N/N)NN)Cc2nn[nH]n2)C/C(=N/N)NN)CC1)NN. The van der Waals surface area contributed by atoms with Crippen LogP contribution in [0.25, 0.3) is 0 Å². The molecule has 0 radical (unpaired) electrons. The number of nitrogens with one attached hydrogen (secondary N) is 4. The standard InChI is InChI=1S/C15H37N19/c16-22-12(23-17)7-32-3-1-11(2-4-32)34(10-14(26-20)27-21)6-5-33(8-13(24-18)25-19)9-15-28-30-31-29-15/h11H,1-10,16-21H2,(H,22,23)(H,24,25)(H,26,27)(H,28,29,30,31). The molecule has 1 aromatic heterocycles. The van der Waals surface area contributed by atoms with Gasteiger partial charge in [0.25, 0.3) is 0 Å². The Bertz CT molecular complexity index is 767. The predicted molar refractivity (Wildman–Crippen MR) is 127 cm³/mol. The molecule has 0 unspecified atom stereocenters. The molecule has 2 heterocycles. The molecule has 0 spiro atoms. The fraction of sp³-hybridized carbons (Fsp3) is 0.733. The van der Waals surface area contributed by atoms with Crippen molar-refractivity contribution in [1.82, 2.24) is 51.6 Å². The summed E-state index contributed by atoms with van der Waals surface area (Å²) in [6.45, 7) is 4.80. The number of tetrazole rings is 1. The summed E-state index contributed by atoms with van der Waals surface area (Å²) < 4.78 is 0. The van der Waals surface area contributed by atoms with Crippen molar-refractivity contribution in [3.8, 4) is 0 Å². The van der Waals surface area contributed by atoms with E-state index >= 15 is 0 Å². The number of piperidine rings is 1. The van der Waals surface area contributed by atoms with E-state index < -0.39 is 0 Å². The second-order valence-corrected chi connectivity index (χ2v) is 7.68. The van der Waals surface area contributed by atoms with Crippen molar-refractivity contribution in [1.29, 1.82) is 0 Å². The molecule has 19 heteroatoms. The van der Waals surface area contributed by atoms with Gasteiger partial charge < -0.3 is 33.8 Å². The minimum absolute atomic E-state index is 0.271. The van der Waals surface area contributed by atoms with Gasteiger partial charge in [-0.2, -0.15) is 20.5 Å². The molecule has 19 nitrogen and oxygen atoms in total. The lowest BCUT2D eigenvalue weighted by molar-refractivity contribution is 0.115. The van der Waals surface area contributed by atoms with Gasteiger partial charge in [0, 0.05) is 32.2 Å². The van der Waals surface area contributed by atoms with E-state index in [4.69, 9.17) is 35.1 Å². The fourth-order valence-electron chi connectivity index (χ4n) is 3.75. The van der Waals surface area contributed by atoms with Crippen molar-refractivity contribution >= 4 is 17.5 Å². The number of hydrazone groups is 3. The number of aromatic amines is 1. The van der Waals surface area contributed by atoms with Crippen LogP contribution < -0.4 is 51.3 Å². The van der Waals surface area contributed by atoms with Crippen molar-refractivity contribution < 1.29 is 0 Å². The largest absolute Gasteiger partial charge is 0.321 e.